The standard InChI is InChI=1S/C14H22N2O3/c1-10-7-12(19-13(10)14(17)18-3)9-16-6-4-5-11(8-16)15-2/h7,11,15H,4-6,8-9H2,1-3H3. The molecule has 106 valence electrons. The van der Waals surface area contributed by atoms with Crippen molar-refractivity contribution in [3.8, 4) is 0 Å². The molecule has 1 aliphatic heterocycles. The fourth-order valence-electron chi connectivity index (χ4n) is 2.58. The van der Waals surface area contributed by atoms with Gasteiger partial charge in [-0.1, -0.05) is 0 Å². The Morgan fingerprint density at radius 1 is 1.63 bits per heavy atom. The second-order valence-electron chi connectivity index (χ2n) is 5.08. The van der Waals surface area contributed by atoms with E-state index in [1.807, 2.05) is 20.0 Å². The third-order valence-electron chi connectivity index (χ3n) is 3.63. The molecule has 0 amide bonds. The smallest absolute Gasteiger partial charge is 0.374 e. The zero-order chi connectivity index (χ0) is 13.8. The summed E-state index contributed by atoms with van der Waals surface area (Å²) in [4.78, 5) is 13.8. The van der Waals surface area contributed by atoms with Crippen molar-refractivity contribution in [2.45, 2.75) is 32.4 Å². The van der Waals surface area contributed by atoms with Crippen LogP contribution in [-0.4, -0.2) is 44.2 Å². The summed E-state index contributed by atoms with van der Waals surface area (Å²) < 4.78 is 10.3. The lowest BCUT2D eigenvalue weighted by Crippen LogP contribution is -2.43. The quantitative estimate of drug-likeness (QED) is 0.838. The molecule has 0 aromatic carbocycles. The number of nitrogens with one attached hydrogen (secondary N) is 1. The van der Waals surface area contributed by atoms with E-state index in [2.05, 4.69) is 10.2 Å². The van der Waals surface area contributed by atoms with Gasteiger partial charge < -0.3 is 14.5 Å². The van der Waals surface area contributed by atoms with Crippen molar-refractivity contribution in [3.63, 3.8) is 0 Å². The van der Waals surface area contributed by atoms with Crippen LogP contribution >= 0.6 is 0 Å². The molecule has 0 bridgehead atoms. The number of likely N-dealkylation sites (tertiary alicyclic amines) is 1. The molecule has 0 saturated carbocycles. The summed E-state index contributed by atoms with van der Waals surface area (Å²) in [6, 6.07) is 2.47. The van der Waals surface area contributed by atoms with E-state index in [1.165, 1.54) is 20.0 Å². The summed E-state index contributed by atoms with van der Waals surface area (Å²) in [5.41, 5.74) is 0.837. The average Bonchev–Trinajstić information content (AvgIpc) is 2.79. The van der Waals surface area contributed by atoms with Crippen LogP contribution in [0.15, 0.2) is 10.5 Å². The molecule has 1 unspecified atom stereocenters. The lowest BCUT2D eigenvalue weighted by Gasteiger charge is -2.31. The average molecular weight is 266 g/mol. The van der Waals surface area contributed by atoms with E-state index in [9.17, 15) is 4.79 Å². The molecule has 2 rings (SSSR count). The Morgan fingerprint density at radius 3 is 3.11 bits per heavy atom. The number of esters is 1. The first kappa shape index (κ1) is 14.1. The highest BCUT2D eigenvalue weighted by Crippen LogP contribution is 2.19. The molecular weight excluding hydrogens is 244 g/mol. The Hall–Kier alpha value is -1.33. The van der Waals surface area contributed by atoms with Crippen LogP contribution < -0.4 is 5.32 Å². The zero-order valence-corrected chi connectivity index (χ0v) is 11.9. The van der Waals surface area contributed by atoms with E-state index in [0.717, 1.165) is 31.0 Å². The van der Waals surface area contributed by atoms with Gasteiger partial charge in [0.05, 0.1) is 13.7 Å². The van der Waals surface area contributed by atoms with Gasteiger partial charge in [0.15, 0.2) is 0 Å². The fourth-order valence-corrected chi connectivity index (χ4v) is 2.58. The number of rotatable bonds is 4. The predicted octanol–water partition coefficient (Wildman–Crippen LogP) is 1.56. The van der Waals surface area contributed by atoms with E-state index in [1.54, 1.807) is 0 Å². The molecule has 1 aromatic heterocycles. The largest absolute Gasteiger partial charge is 0.463 e. The molecule has 1 fully saturated rings. The summed E-state index contributed by atoms with van der Waals surface area (Å²) >= 11 is 0. The topological polar surface area (TPSA) is 54.7 Å². The molecule has 5 heteroatoms. The van der Waals surface area contributed by atoms with Gasteiger partial charge in [-0.15, -0.1) is 0 Å². The maximum Gasteiger partial charge on any atom is 0.374 e. The molecule has 0 radical (unpaired) electrons. The highest BCUT2D eigenvalue weighted by molar-refractivity contribution is 5.87. The summed E-state index contributed by atoms with van der Waals surface area (Å²) in [5.74, 6) is 0.741. The maximum absolute atomic E-state index is 11.5. The van der Waals surface area contributed by atoms with E-state index in [0.29, 0.717) is 11.8 Å². The first-order valence-corrected chi connectivity index (χ1v) is 6.71. The van der Waals surface area contributed by atoms with Crippen molar-refractivity contribution in [3.05, 3.63) is 23.2 Å². The second-order valence-corrected chi connectivity index (χ2v) is 5.08. The van der Waals surface area contributed by atoms with Crippen molar-refractivity contribution in [1.82, 2.24) is 10.2 Å². The minimum absolute atomic E-state index is 0.319. The molecule has 19 heavy (non-hydrogen) atoms. The predicted molar refractivity (Wildman–Crippen MR) is 72.1 cm³/mol. The van der Waals surface area contributed by atoms with Crippen molar-refractivity contribution < 1.29 is 13.9 Å². The second kappa shape index (κ2) is 6.21. The summed E-state index contributed by atoms with van der Waals surface area (Å²) in [7, 11) is 3.37. The highest BCUT2D eigenvalue weighted by atomic mass is 16.5. The van der Waals surface area contributed by atoms with Gasteiger partial charge in [-0.05, 0) is 39.4 Å². The van der Waals surface area contributed by atoms with Gasteiger partial charge in [-0.2, -0.15) is 0 Å². The van der Waals surface area contributed by atoms with Gasteiger partial charge >= 0.3 is 5.97 Å². The number of likely N-dealkylation sites (N-methyl/N-ethyl adjacent to an activating group) is 1. The van der Waals surface area contributed by atoms with Crippen molar-refractivity contribution >= 4 is 5.97 Å². The van der Waals surface area contributed by atoms with Crippen LogP contribution in [0.2, 0.25) is 0 Å². The molecule has 1 aliphatic rings. The number of aryl methyl sites for hydroxylation is 1. The van der Waals surface area contributed by atoms with Crippen LogP contribution in [0.25, 0.3) is 0 Å². The zero-order valence-electron chi connectivity index (χ0n) is 11.9. The Bertz CT molecular complexity index is 442. The Labute approximate surface area is 113 Å². The number of carbonyl (C=O) groups is 1. The molecule has 1 N–H and O–H groups in total. The third-order valence-corrected chi connectivity index (χ3v) is 3.63. The fraction of sp³-hybridized carbons (Fsp3) is 0.643. The number of hydrogen-bond acceptors (Lipinski definition) is 5. The molecular formula is C14H22N2O3. The van der Waals surface area contributed by atoms with Crippen molar-refractivity contribution in [2.24, 2.45) is 0 Å². The number of methoxy groups -OCH3 is 1. The van der Waals surface area contributed by atoms with Crippen LogP contribution in [0.3, 0.4) is 0 Å². The lowest BCUT2D eigenvalue weighted by atomic mass is 10.1. The lowest BCUT2D eigenvalue weighted by molar-refractivity contribution is 0.0559. The minimum atomic E-state index is -0.407. The van der Waals surface area contributed by atoms with Crippen molar-refractivity contribution in [1.29, 1.82) is 0 Å². The van der Waals surface area contributed by atoms with Crippen LogP contribution in [0.4, 0.5) is 0 Å². The van der Waals surface area contributed by atoms with Crippen LogP contribution in [0.5, 0.6) is 0 Å². The van der Waals surface area contributed by atoms with Gasteiger partial charge in [0.1, 0.15) is 5.76 Å². The normalized spacial score (nSPS) is 20.5. The highest BCUT2D eigenvalue weighted by Gasteiger charge is 2.21. The molecule has 1 atom stereocenters. The van der Waals surface area contributed by atoms with E-state index in [-0.39, 0.29) is 0 Å². The Kier molecular flexibility index (Phi) is 4.61. The van der Waals surface area contributed by atoms with Crippen LogP contribution in [0.1, 0.15) is 34.7 Å². The van der Waals surface area contributed by atoms with Gasteiger partial charge in [-0.25, -0.2) is 4.79 Å². The van der Waals surface area contributed by atoms with Crippen LogP contribution in [0, 0.1) is 6.92 Å². The molecule has 5 nitrogen and oxygen atoms in total. The summed E-state index contributed by atoms with van der Waals surface area (Å²) in [6.45, 7) is 4.71. The monoisotopic (exact) mass is 266 g/mol. The molecule has 0 spiro atoms. The first-order chi connectivity index (χ1) is 9.13. The molecule has 0 aliphatic carbocycles. The maximum atomic E-state index is 11.5. The molecule has 1 aromatic rings. The van der Waals surface area contributed by atoms with E-state index >= 15 is 0 Å². The minimum Gasteiger partial charge on any atom is -0.463 e. The third kappa shape index (κ3) is 3.36. The Morgan fingerprint density at radius 2 is 2.42 bits per heavy atom. The van der Waals surface area contributed by atoms with Gasteiger partial charge in [-0.3, -0.25) is 4.90 Å². The number of carbonyl (C=O) groups excluding carboxylic acids is 1. The first-order valence-electron chi connectivity index (χ1n) is 6.71. The summed E-state index contributed by atoms with van der Waals surface area (Å²) in [5, 5.41) is 3.32. The number of nitrogens with zero attached hydrogens (tertiary/aromatic N) is 1. The van der Waals surface area contributed by atoms with Gasteiger partial charge in [0, 0.05) is 18.2 Å². The van der Waals surface area contributed by atoms with Crippen molar-refractivity contribution in [2.75, 3.05) is 27.2 Å². The number of piperidine rings is 1. The van der Waals surface area contributed by atoms with Crippen LogP contribution in [-0.2, 0) is 11.3 Å². The van der Waals surface area contributed by atoms with Gasteiger partial charge in [0.2, 0.25) is 5.76 Å². The Balaban J connectivity index is 2.01. The summed E-state index contributed by atoms with van der Waals surface area (Å²) in [6.07, 6.45) is 2.41. The SMILES string of the molecule is CNC1CCCN(Cc2cc(C)c(C(=O)OC)o2)C1. The molecule has 2 heterocycles. The number of ether oxygens (including phenoxy) is 1. The number of furan rings is 1. The van der Waals surface area contributed by atoms with Gasteiger partial charge in [0.25, 0.3) is 0 Å². The van der Waals surface area contributed by atoms with E-state index < -0.39 is 5.97 Å². The van der Waals surface area contributed by atoms with E-state index in [4.69, 9.17) is 9.15 Å². The number of hydrogen-bond donors (Lipinski definition) is 1. The molecule has 1 saturated heterocycles.